The Morgan fingerprint density at radius 3 is 2.83 bits per heavy atom. The summed E-state index contributed by atoms with van der Waals surface area (Å²) >= 11 is 1.80. The van der Waals surface area contributed by atoms with Crippen LogP contribution in [0.2, 0.25) is 0 Å². The van der Waals surface area contributed by atoms with Gasteiger partial charge in [0.2, 0.25) is 0 Å². The first-order chi connectivity index (χ1) is 11.2. The number of likely N-dealkylation sites (tertiary alicyclic amines) is 1. The van der Waals surface area contributed by atoms with Crippen molar-refractivity contribution in [3.8, 4) is 0 Å². The van der Waals surface area contributed by atoms with Crippen molar-refractivity contribution in [2.75, 3.05) is 25.0 Å². The molecule has 1 aliphatic rings. The highest BCUT2D eigenvalue weighted by Crippen LogP contribution is 2.28. The van der Waals surface area contributed by atoms with E-state index in [1.165, 1.54) is 23.3 Å². The maximum atomic E-state index is 6.08. The van der Waals surface area contributed by atoms with Crippen molar-refractivity contribution >= 4 is 23.0 Å². The van der Waals surface area contributed by atoms with Crippen molar-refractivity contribution < 1.29 is 0 Å². The summed E-state index contributed by atoms with van der Waals surface area (Å²) in [6.45, 7) is 5.08. The highest BCUT2D eigenvalue weighted by molar-refractivity contribution is 7.10. The first kappa shape index (κ1) is 16.0. The molecule has 0 saturated carbocycles. The van der Waals surface area contributed by atoms with Gasteiger partial charge in [-0.2, -0.15) is 0 Å². The van der Waals surface area contributed by atoms with Gasteiger partial charge in [-0.25, -0.2) is 0 Å². The third-order valence-electron chi connectivity index (χ3n) is 4.18. The Balaban J connectivity index is 1.67. The van der Waals surface area contributed by atoms with E-state index in [1.807, 2.05) is 12.1 Å². The summed E-state index contributed by atoms with van der Waals surface area (Å²) < 4.78 is 0. The summed E-state index contributed by atoms with van der Waals surface area (Å²) in [4.78, 5) is 8.50. The number of nitrogens with one attached hydrogen (secondary N) is 1. The normalized spacial score (nSPS) is 17.3. The molecule has 2 aromatic rings. The molecule has 1 aliphatic heterocycles. The lowest BCUT2D eigenvalue weighted by atomic mass is 10.2. The maximum Gasteiger partial charge on any atom is 0.193 e. The lowest BCUT2D eigenvalue weighted by Crippen LogP contribution is -2.29. The van der Waals surface area contributed by atoms with Gasteiger partial charge in [-0.15, -0.1) is 11.3 Å². The van der Waals surface area contributed by atoms with E-state index in [4.69, 9.17) is 5.73 Å². The molecule has 23 heavy (non-hydrogen) atoms. The van der Waals surface area contributed by atoms with Crippen LogP contribution in [0.1, 0.15) is 29.3 Å². The van der Waals surface area contributed by atoms with Gasteiger partial charge in [0.1, 0.15) is 0 Å². The van der Waals surface area contributed by atoms with E-state index in [-0.39, 0.29) is 0 Å². The van der Waals surface area contributed by atoms with E-state index in [0.717, 1.165) is 18.8 Å². The summed E-state index contributed by atoms with van der Waals surface area (Å²) in [6, 6.07) is 12.8. The number of nitrogens with two attached hydrogens (primary N) is 1. The number of nitrogens with zero attached hydrogens (tertiary/aromatic N) is 2. The molecule has 1 atom stereocenters. The Morgan fingerprint density at radius 2 is 2.13 bits per heavy atom. The van der Waals surface area contributed by atoms with Crippen molar-refractivity contribution in [3.63, 3.8) is 0 Å². The number of hydrogen-bond donors (Lipinski definition) is 2. The van der Waals surface area contributed by atoms with Gasteiger partial charge in [-0.1, -0.05) is 18.2 Å². The quantitative estimate of drug-likeness (QED) is 0.651. The minimum Gasteiger partial charge on any atom is -0.370 e. The Labute approximate surface area is 142 Å². The van der Waals surface area contributed by atoms with E-state index in [0.29, 0.717) is 18.5 Å². The van der Waals surface area contributed by atoms with Crippen molar-refractivity contribution in [1.82, 2.24) is 4.90 Å². The molecule has 3 rings (SSSR count). The summed E-state index contributed by atoms with van der Waals surface area (Å²) in [5, 5.41) is 5.32. The second-order valence-electron chi connectivity index (χ2n) is 5.99. The molecule has 1 fully saturated rings. The standard InChI is InChI=1S/C18H24N4S/c1-14-6-4-7-15(12-14)21-18(19)20-13-16(17-8-5-11-23-17)22-9-2-3-10-22/h4-8,11-12,16H,2-3,9-10,13H2,1H3,(H3,19,20,21). The fraction of sp³-hybridized carbons (Fsp3) is 0.389. The molecule has 4 nitrogen and oxygen atoms in total. The van der Waals surface area contributed by atoms with Gasteiger partial charge in [0, 0.05) is 10.6 Å². The number of guanidine groups is 1. The van der Waals surface area contributed by atoms with E-state index in [1.54, 1.807) is 11.3 Å². The number of benzene rings is 1. The molecule has 0 bridgehead atoms. The molecule has 1 unspecified atom stereocenters. The van der Waals surface area contributed by atoms with Gasteiger partial charge in [0.25, 0.3) is 0 Å². The van der Waals surface area contributed by atoms with Crippen LogP contribution < -0.4 is 11.1 Å². The number of rotatable bonds is 5. The second kappa shape index (κ2) is 7.62. The average molecular weight is 328 g/mol. The number of thiophene rings is 1. The Bertz CT molecular complexity index is 645. The van der Waals surface area contributed by atoms with Crippen molar-refractivity contribution in [2.45, 2.75) is 25.8 Å². The molecule has 1 saturated heterocycles. The predicted molar refractivity (Wildman–Crippen MR) is 99.2 cm³/mol. The van der Waals surface area contributed by atoms with Crippen LogP contribution in [-0.4, -0.2) is 30.5 Å². The molecule has 1 aromatic heterocycles. The molecule has 2 heterocycles. The van der Waals surface area contributed by atoms with E-state index in [9.17, 15) is 0 Å². The highest BCUT2D eigenvalue weighted by atomic mass is 32.1. The second-order valence-corrected chi connectivity index (χ2v) is 6.97. The maximum absolute atomic E-state index is 6.08. The molecule has 0 spiro atoms. The molecule has 0 aliphatic carbocycles. The van der Waals surface area contributed by atoms with Crippen LogP contribution in [0.25, 0.3) is 0 Å². The molecule has 122 valence electrons. The van der Waals surface area contributed by atoms with Crippen LogP contribution in [0.4, 0.5) is 5.69 Å². The smallest absolute Gasteiger partial charge is 0.193 e. The Hall–Kier alpha value is -1.85. The SMILES string of the molecule is Cc1cccc(NC(N)=NCC(c2cccs2)N2CCCC2)c1. The van der Waals surface area contributed by atoms with Crippen molar-refractivity contribution in [3.05, 3.63) is 52.2 Å². The van der Waals surface area contributed by atoms with Crippen LogP contribution in [0.3, 0.4) is 0 Å². The van der Waals surface area contributed by atoms with E-state index in [2.05, 4.69) is 51.8 Å². The number of aliphatic imine (C=N–C) groups is 1. The van der Waals surface area contributed by atoms with E-state index < -0.39 is 0 Å². The van der Waals surface area contributed by atoms with Crippen molar-refractivity contribution in [2.24, 2.45) is 10.7 Å². The summed E-state index contributed by atoms with van der Waals surface area (Å²) in [5.41, 5.74) is 8.27. The van der Waals surface area contributed by atoms with Gasteiger partial charge in [0.15, 0.2) is 5.96 Å². The monoisotopic (exact) mass is 328 g/mol. The largest absolute Gasteiger partial charge is 0.370 e. The van der Waals surface area contributed by atoms with Gasteiger partial charge in [0.05, 0.1) is 12.6 Å². The lowest BCUT2D eigenvalue weighted by molar-refractivity contribution is 0.255. The van der Waals surface area contributed by atoms with Gasteiger partial charge < -0.3 is 11.1 Å². The van der Waals surface area contributed by atoms with Gasteiger partial charge in [-0.3, -0.25) is 9.89 Å². The fourth-order valence-corrected chi connectivity index (χ4v) is 3.87. The van der Waals surface area contributed by atoms with Crippen LogP contribution in [0.15, 0.2) is 46.8 Å². The molecular formula is C18H24N4S. The summed E-state index contributed by atoms with van der Waals surface area (Å²) in [6.07, 6.45) is 2.56. The zero-order chi connectivity index (χ0) is 16.1. The number of hydrogen-bond acceptors (Lipinski definition) is 3. The molecule has 3 N–H and O–H groups in total. The molecule has 5 heteroatoms. The Morgan fingerprint density at radius 1 is 1.30 bits per heavy atom. The molecule has 0 amide bonds. The number of aryl methyl sites for hydroxylation is 1. The minimum absolute atomic E-state index is 0.343. The Kier molecular flexibility index (Phi) is 5.31. The average Bonchev–Trinajstić information content (AvgIpc) is 3.21. The molecular weight excluding hydrogens is 304 g/mol. The molecule has 0 radical (unpaired) electrons. The zero-order valence-corrected chi connectivity index (χ0v) is 14.4. The van der Waals surface area contributed by atoms with Crippen LogP contribution in [0.5, 0.6) is 0 Å². The van der Waals surface area contributed by atoms with Crippen molar-refractivity contribution in [1.29, 1.82) is 0 Å². The van der Waals surface area contributed by atoms with Crippen LogP contribution >= 0.6 is 11.3 Å². The van der Waals surface area contributed by atoms with Crippen LogP contribution in [0, 0.1) is 6.92 Å². The van der Waals surface area contributed by atoms with Crippen LogP contribution in [-0.2, 0) is 0 Å². The van der Waals surface area contributed by atoms with Gasteiger partial charge in [-0.05, 0) is 62.0 Å². The summed E-state index contributed by atoms with van der Waals surface area (Å²) in [5.74, 6) is 0.483. The first-order valence-electron chi connectivity index (χ1n) is 8.13. The number of anilines is 1. The first-order valence-corrected chi connectivity index (χ1v) is 9.01. The molecule has 1 aromatic carbocycles. The van der Waals surface area contributed by atoms with Gasteiger partial charge >= 0.3 is 0 Å². The minimum atomic E-state index is 0.343. The zero-order valence-electron chi connectivity index (χ0n) is 13.5. The highest BCUT2D eigenvalue weighted by Gasteiger charge is 2.23. The van der Waals surface area contributed by atoms with E-state index >= 15 is 0 Å². The third kappa shape index (κ3) is 4.33. The third-order valence-corrected chi connectivity index (χ3v) is 5.15. The topological polar surface area (TPSA) is 53.6 Å². The lowest BCUT2D eigenvalue weighted by Gasteiger charge is -2.25. The summed E-state index contributed by atoms with van der Waals surface area (Å²) in [7, 11) is 0. The fourth-order valence-electron chi connectivity index (χ4n) is 3.01. The predicted octanol–water partition coefficient (Wildman–Crippen LogP) is 3.62.